The highest BCUT2D eigenvalue weighted by Gasteiger charge is 2.18. The molecule has 0 atom stereocenters. The molecule has 2 N–H and O–H groups in total. The first-order valence-electron chi connectivity index (χ1n) is 8.02. The Morgan fingerprint density at radius 3 is 2.67 bits per heavy atom. The molecule has 128 valence electrons. The molecule has 1 aromatic carbocycles. The van der Waals surface area contributed by atoms with Crippen molar-refractivity contribution in [1.29, 1.82) is 0 Å². The summed E-state index contributed by atoms with van der Waals surface area (Å²) in [5, 5.41) is 8.47. The maximum Gasteiger partial charge on any atom is 0.233 e. The lowest BCUT2D eigenvalue weighted by Gasteiger charge is -2.19. The van der Waals surface area contributed by atoms with Crippen LogP contribution in [0.2, 0.25) is 0 Å². The van der Waals surface area contributed by atoms with Crippen LogP contribution < -0.4 is 5.84 Å². The Balaban J connectivity index is 1.65. The Hall–Kier alpha value is -2.09. The third-order valence-corrected chi connectivity index (χ3v) is 4.96. The average molecular weight is 349 g/mol. The molecule has 1 fully saturated rings. The van der Waals surface area contributed by atoms with Gasteiger partial charge in [-0.15, -0.1) is 10.2 Å². The molecule has 2 heterocycles. The van der Waals surface area contributed by atoms with E-state index in [0.29, 0.717) is 16.5 Å². The number of hydrogen-bond acceptors (Lipinski definition) is 5. The number of carbonyl (C=O) groups excluding carboxylic acids is 1. The van der Waals surface area contributed by atoms with Crippen LogP contribution in [0.3, 0.4) is 0 Å². The van der Waals surface area contributed by atoms with Crippen LogP contribution in [-0.2, 0) is 4.79 Å². The van der Waals surface area contributed by atoms with Crippen LogP contribution in [0.15, 0.2) is 29.4 Å². The molecule has 1 saturated heterocycles. The minimum absolute atomic E-state index is 0.0946. The van der Waals surface area contributed by atoms with E-state index in [9.17, 15) is 9.18 Å². The molecule has 1 aromatic heterocycles. The Morgan fingerprint density at radius 2 is 1.96 bits per heavy atom. The molecule has 6 nitrogen and oxygen atoms in total. The highest BCUT2D eigenvalue weighted by Crippen LogP contribution is 2.22. The van der Waals surface area contributed by atoms with Crippen LogP contribution in [0.25, 0.3) is 11.4 Å². The summed E-state index contributed by atoms with van der Waals surface area (Å²) < 4.78 is 14.6. The van der Waals surface area contributed by atoms with Crippen molar-refractivity contribution in [3.63, 3.8) is 0 Å². The zero-order chi connectivity index (χ0) is 16.9. The van der Waals surface area contributed by atoms with Crippen LogP contribution in [0.1, 0.15) is 25.7 Å². The van der Waals surface area contributed by atoms with Crippen molar-refractivity contribution in [3.05, 3.63) is 30.1 Å². The standard InChI is InChI=1S/C16H20FN5OS/c17-13-7-5-6-12(10-13)15-19-20-16(22(15)18)24-11-14(23)21-8-3-1-2-4-9-21/h5-7,10H,1-4,8-9,11,18H2. The lowest BCUT2D eigenvalue weighted by molar-refractivity contribution is -0.128. The van der Waals surface area contributed by atoms with Gasteiger partial charge in [-0.2, -0.15) is 0 Å². The number of nitrogens with two attached hydrogens (primary N) is 1. The SMILES string of the molecule is Nn1c(SCC(=O)N2CCCCCC2)nnc1-c1cccc(F)c1. The van der Waals surface area contributed by atoms with E-state index in [0.717, 1.165) is 25.9 Å². The number of carbonyl (C=O) groups is 1. The van der Waals surface area contributed by atoms with E-state index in [4.69, 9.17) is 5.84 Å². The molecular weight excluding hydrogens is 329 g/mol. The summed E-state index contributed by atoms with van der Waals surface area (Å²) in [7, 11) is 0. The first-order valence-corrected chi connectivity index (χ1v) is 9.01. The largest absolute Gasteiger partial charge is 0.342 e. The summed E-state index contributed by atoms with van der Waals surface area (Å²) >= 11 is 1.25. The first kappa shape index (κ1) is 16.8. The topological polar surface area (TPSA) is 77.0 Å². The molecule has 0 aliphatic carbocycles. The second kappa shape index (κ2) is 7.65. The van der Waals surface area contributed by atoms with Crippen LogP contribution in [0.5, 0.6) is 0 Å². The van der Waals surface area contributed by atoms with Gasteiger partial charge in [0.25, 0.3) is 0 Å². The molecule has 3 rings (SSSR count). The number of benzene rings is 1. The number of aromatic nitrogens is 3. The predicted molar refractivity (Wildman–Crippen MR) is 91.3 cm³/mol. The molecule has 1 aliphatic heterocycles. The van der Waals surface area contributed by atoms with E-state index in [1.807, 2.05) is 4.90 Å². The summed E-state index contributed by atoms with van der Waals surface area (Å²) in [6, 6.07) is 6.02. The quantitative estimate of drug-likeness (QED) is 0.677. The van der Waals surface area contributed by atoms with Gasteiger partial charge in [0.05, 0.1) is 5.75 Å². The van der Waals surface area contributed by atoms with Gasteiger partial charge in [-0.1, -0.05) is 36.7 Å². The molecular formula is C16H20FN5OS. The maximum atomic E-state index is 13.3. The van der Waals surface area contributed by atoms with Gasteiger partial charge in [0.15, 0.2) is 5.82 Å². The number of nitrogens with zero attached hydrogens (tertiary/aromatic N) is 4. The van der Waals surface area contributed by atoms with Crippen molar-refractivity contribution in [2.24, 2.45) is 0 Å². The van der Waals surface area contributed by atoms with Gasteiger partial charge in [-0.05, 0) is 25.0 Å². The summed E-state index contributed by atoms with van der Waals surface area (Å²) in [6.07, 6.45) is 4.50. The van der Waals surface area contributed by atoms with E-state index in [1.54, 1.807) is 12.1 Å². The van der Waals surface area contributed by atoms with E-state index in [2.05, 4.69) is 10.2 Å². The second-order valence-electron chi connectivity index (χ2n) is 5.77. The van der Waals surface area contributed by atoms with Gasteiger partial charge < -0.3 is 10.7 Å². The zero-order valence-electron chi connectivity index (χ0n) is 13.3. The van der Waals surface area contributed by atoms with E-state index in [1.165, 1.54) is 41.4 Å². The molecule has 2 aromatic rings. The van der Waals surface area contributed by atoms with Gasteiger partial charge in [-0.3, -0.25) is 4.79 Å². The fraction of sp³-hybridized carbons (Fsp3) is 0.438. The van der Waals surface area contributed by atoms with Crippen LogP contribution in [-0.4, -0.2) is 44.5 Å². The molecule has 0 spiro atoms. The first-order chi connectivity index (χ1) is 11.6. The molecule has 0 unspecified atom stereocenters. The molecule has 0 saturated carbocycles. The van der Waals surface area contributed by atoms with Crippen molar-refractivity contribution in [3.8, 4) is 11.4 Å². The molecule has 8 heteroatoms. The normalized spacial score (nSPS) is 15.3. The lowest BCUT2D eigenvalue weighted by atomic mass is 10.2. The third-order valence-electron chi connectivity index (χ3n) is 4.03. The number of nitrogen functional groups attached to an aromatic ring is 1. The van der Waals surface area contributed by atoms with Crippen LogP contribution in [0.4, 0.5) is 4.39 Å². The fourth-order valence-corrected chi connectivity index (χ4v) is 3.50. The molecule has 1 aliphatic rings. The predicted octanol–water partition coefficient (Wildman–Crippen LogP) is 2.29. The number of halogens is 1. The van der Waals surface area contributed by atoms with Crippen LogP contribution >= 0.6 is 11.8 Å². The molecule has 0 bridgehead atoms. The van der Waals surface area contributed by atoms with Gasteiger partial charge in [0.1, 0.15) is 5.82 Å². The highest BCUT2D eigenvalue weighted by atomic mass is 32.2. The van der Waals surface area contributed by atoms with Crippen molar-refractivity contribution in [1.82, 2.24) is 19.8 Å². The minimum atomic E-state index is -0.360. The third kappa shape index (κ3) is 3.87. The van der Waals surface area contributed by atoms with E-state index >= 15 is 0 Å². The Bertz CT molecular complexity index is 712. The van der Waals surface area contributed by atoms with Crippen LogP contribution in [0, 0.1) is 5.82 Å². The van der Waals surface area contributed by atoms with Gasteiger partial charge in [-0.25, -0.2) is 9.07 Å². The lowest BCUT2D eigenvalue weighted by Crippen LogP contribution is -2.33. The smallest absolute Gasteiger partial charge is 0.233 e. The van der Waals surface area contributed by atoms with Gasteiger partial charge in [0, 0.05) is 18.7 Å². The summed E-state index contributed by atoms with van der Waals surface area (Å²) in [5.74, 6) is 6.38. The number of thioether (sulfide) groups is 1. The number of rotatable bonds is 4. The summed E-state index contributed by atoms with van der Waals surface area (Å²) in [4.78, 5) is 14.2. The highest BCUT2D eigenvalue weighted by molar-refractivity contribution is 7.99. The number of amides is 1. The monoisotopic (exact) mass is 349 g/mol. The molecule has 1 amide bonds. The van der Waals surface area contributed by atoms with E-state index in [-0.39, 0.29) is 17.5 Å². The van der Waals surface area contributed by atoms with Crippen molar-refractivity contribution in [2.75, 3.05) is 24.7 Å². The number of hydrogen-bond donors (Lipinski definition) is 1. The van der Waals surface area contributed by atoms with Gasteiger partial charge >= 0.3 is 0 Å². The average Bonchev–Trinajstić information content (AvgIpc) is 2.77. The van der Waals surface area contributed by atoms with Gasteiger partial charge in [0.2, 0.25) is 11.1 Å². The fourth-order valence-electron chi connectivity index (χ4n) is 2.74. The Morgan fingerprint density at radius 1 is 1.21 bits per heavy atom. The summed E-state index contributed by atoms with van der Waals surface area (Å²) in [5.41, 5.74) is 0.552. The minimum Gasteiger partial charge on any atom is -0.342 e. The second-order valence-corrected chi connectivity index (χ2v) is 6.71. The Kier molecular flexibility index (Phi) is 5.34. The van der Waals surface area contributed by atoms with Crippen molar-refractivity contribution >= 4 is 17.7 Å². The molecule has 0 radical (unpaired) electrons. The number of likely N-dealkylation sites (tertiary alicyclic amines) is 1. The van der Waals surface area contributed by atoms with Crippen molar-refractivity contribution < 1.29 is 9.18 Å². The summed E-state index contributed by atoms with van der Waals surface area (Å²) in [6.45, 7) is 1.65. The Labute approximate surface area is 144 Å². The maximum absolute atomic E-state index is 13.3. The zero-order valence-corrected chi connectivity index (χ0v) is 14.1. The molecule has 24 heavy (non-hydrogen) atoms. The van der Waals surface area contributed by atoms with Crippen molar-refractivity contribution in [2.45, 2.75) is 30.8 Å². The van der Waals surface area contributed by atoms with E-state index < -0.39 is 0 Å².